The largest absolute Gasteiger partial charge is 0.389 e. The number of aliphatic hydroxyl groups is 1. The number of nitrogens with one attached hydrogen (secondary N) is 2. The van der Waals surface area contributed by atoms with E-state index in [1.807, 2.05) is 0 Å². The van der Waals surface area contributed by atoms with Crippen LogP contribution in [0.4, 0.5) is 5.82 Å². The molecular formula is C15H19N3O5S2. The number of nitrogens with zero attached hydrogens (tertiary/aromatic N) is 1. The summed E-state index contributed by atoms with van der Waals surface area (Å²) in [5.74, 6) is 0.121. The molecule has 1 aromatic heterocycles. The van der Waals surface area contributed by atoms with Crippen molar-refractivity contribution in [1.82, 2.24) is 9.71 Å². The number of rotatable bonds is 7. The molecule has 0 saturated heterocycles. The highest BCUT2D eigenvalue weighted by Crippen LogP contribution is 2.18. The number of pyridine rings is 1. The van der Waals surface area contributed by atoms with Gasteiger partial charge in [0.15, 0.2) is 0 Å². The molecule has 0 aliphatic rings. The van der Waals surface area contributed by atoms with Crippen LogP contribution in [0.2, 0.25) is 0 Å². The molecule has 2 rings (SSSR count). The number of hydrogen-bond donors (Lipinski definition) is 3. The van der Waals surface area contributed by atoms with E-state index in [4.69, 9.17) is 0 Å². The standard InChI is InChI=1S/C15H19N3O5S2/c1-15(2,19)11-17-24(20,21)12-6-5-7-13(10-12)25(22,23)18-14-8-3-4-9-16-14/h3-10,17,19H,11H2,1-2H3,(H,16,18). The minimum absolute atomic E-state index is 0.121. The van der Waals surface area contributed by atoms with E-state index in [-0.39, 0.29) is 22.2 Å². The molecule has 3 N–H and O–H groups in total. The number of aromatic nitrogens is 1. The highest BCUT2D eigenvalue weighted by atomic mass is 32.2. The van der Waals surface area contributed by atoms with Crippen molar-refractivity contribution in [3.63, 3.8) is 0 Å². The molecule has 2 aromatic rings. The van der Waals surface area contributed by atoms with Crippen molar-refractivity contribution >= 4 is 25.9 Å². The summed E-state index contributed by atoms with van der Waals surface area (Å²) in [4.78, 5) is 3.43. The van der Waals surface area contributed by atoms with Crippen molar-refractivity contribution in [1.29, 1.82) is 0 Å². The second-order valence-corrected chi connectivity index (χ2v) is 9.38. The van der Waals surface area contributed by atoms with Crippen molar-refractivity contribution in [2.45, 2.75) is 29.2 Å². The van der Waals surface area contributed by atoms with Crippen LogP contribution in [0.15, 0.2) is 58.5 Å². The average Bonchev–Trinajstić information content (AvgIpc) is 2.53. The van der Waals surface area contributed by atoms with Gasteiger partial charge in [-0.05, 0) is 44.2 Å². The molecule has 0 radical (unpaired) electrons. The van der Waals surface area contributed by atoms with E-state index in [0.717, 1.165) is 6.07 Å². The van der Waals surface area contributed by atoms with Gasteiger partial charge >= 0.3 is 0 Å². The van der Waals surface area contributed by atoms with Gasteiger partial charge in [0.25, 0.3) is 10.0 Å². The van der Waals surface area contributed by atoms with Gasteiger partial charge < -0.3 is 5.11 Å². The van der Waals surface area contributed by atoms with Crippen LogP contribution in [-0.2, 0) is 20.0 Å². The first-order valence-electron chi connectivity index (χ1n) is 7.26. The van der Waals surface area contributed by atoms with Crippen molar-refractivity contribution in [3.8, 4) is 0 Å². The van der Waals surface area contributed by atoms with Crippen LogP contribution in [0.3, 0.4) is 0 Å². The third-order valence-corrected chi connectivity index (χ3v) is 5.78. The molecule has 0 fully saturated rings. The third kappa shape index (κ3) is 5.49. The predicted octanol–water partition coefficient (Wildman–Crippen LogP) is 0.932. The lowest BCUT2D eigenvalue weighted by atomic mass is 10.1. The van der Waals surface area contributed by atoms with Crippen molar-refractivity contribution in [2.24, 2.45) is 0 Å². The molecule has 0 atom stereocenters. The molecule has 8 nitrogen and oxygen atoms in total. The Hall–Kier alpha value is -2.01. The Labute approximate surface area is 147 Å². The average molecular weight is 385 g/mol. The van der Waals surface area contributed by atoms with E-state index in [1.54, 1.807) is 12.1 Å². The Kier molecular flexibility index (Phi) is 5.47. The summed E-state index contributed by atoms with van der Waals surface area (Å²) >= 11 is 0. The number of hydrogen-bond acceptors (Lipinski definition) is 6. The lowest BCUT2D eigenvalue weighted by Crippen LogP contribution is -2.38. The maximum atomic E-state index is 12.4. The lowest BCUT2D eigenvalue weighted by molar-refractivity contribution is 0.0857. The summed E-state index contributed by atoms with van der Waals surface area (Å²) in [5.41, 5.74) is -1.24. The van der Waals surface area contributed by atoms with E-state index < -0.39 is 25.6 Å². The second-order valence-electron chi connectivity index (χ2n) is 5.93. The van der Waals surface area contributed by atoms with E-state index in [9.17, 15) is 21.9 Å². The minimum Gasteiger partial charge on any atom is -0.389 e. The Morgan fingerprint density at radius 2 is 1.64 bits per heavy atom. The fourth-order valence-electron chi connectivity index (χ4n) is 1.78. The quantitative estimate of drug-likeness (QED) is 0.651. The zero-order chi connectivity index (χ0) is 18.7. The number of anilines is 1. The number of benzene rings is 1. The minimum atomic E-state index is -3.99. The van der Waals surface area contributed by atoms with Crippen LogP contribution in [0.1, 0.15) is 13.8 Å². The van der Waals surface area contributed by atoms with Crippen LogP contribution < -0.4 is 9.44 Å². The molecule has 0 bridgehead atoms. The zero-order valence-corrected chi connectivity index (χ0v) is 15.3. The Balaban J connectivity index is 2.29. The fourth-order valence-corrected chi connectivity index (χ4v) is 4.16. The SMILES string of the molecule is CC(C)(O)CNS(=O)(=O)c1cccc(S(=O)(=O)Nc2ccccn2)c1. The van der Waals surface area contributed by atoms with Crippen LogP contribution in [0.5, 0.6) is 0 Å². The third-order valence-electron chi connectivity index (χ3n) is 3.02. The fraction of sp³-hybridized carbons (Fsp3) is 0.267. The van der Waals surface area contributed by atoms with Crippen molar-refractivity contribution in [3.05, 3.63) is 48.7 Å². The van der Waals surface area contributed by atoms with Crippen LogP contribution in [-0.4, -0.2) is 39.1 Å². The molecule has 10 heteroatoms. The maximum Gasteiger partial charge on any atom is 0.263 e. The molecule has 0 spiro atoms. The van der Waals surface area contributed by atoms with E-state index in [0.29, 0.717) is 0 Å². The summed E-state index contributed by atoms with van der Waals surface area (Å²) in [5, 5.41) is 9.64. The van der Waals surface area contributed by atoms with Gasteiger partial charge in [0, 0.05) is 12.7 Å². The number of sulfonamides is 2. The summed E-state index contributed by atoms with van der Waals surface area (Å²) in [6, 6.07) is 9.64. The molecule has 1 aromatic carbocycles. The predicted molar refractivity (Wildman–Crippen MR) is 93.0 cm³/mol. The highest BCUT2D eigenvalue weighted by Gasteiger charge is 2.22. The molecule has 1 heterocycles. The smallest absolute Gasteiger partial charge is 0.263 e. The van der Waals surface area contributed by atoms with Gasteiger partial charge in [-0.25, -0.2) is 26.5 Å². The first-order valence-corrected chi connectivity index (χ1v) is 10.2. The molecule has 136 valence electrons. The molecule has 0 amide bonds. The van der Waals surface area contributed by atoms with E-state index in [1.165, 1.54) is 44.3 Å². The van der Waals surface area contributed by atoms with Crippen molar-refractivity contribution in [2.75, 3.05) is 11.3 Å². The molecule has 0 unspecified atom stereocenters. The summed E-state index contributed by atoms with van der Waals surface area (Å²) in [6.45, 7) is 2.69. The van der Waals surface area contributed by atoms with Gasteiger partial charge in [-0.15, -0.1) is 0 Å². The Morgan fingerprint density at radius 1 is 1.00 bits per heavy atom. The molecule has 0 aliphatic heterocycles. The molecular weight excluding hydrogens is 366 g/mol. The van der Waals surface area contributed by atoms with Crippen LogP contribution >= 0.6 is 0 Å². The zero-order valence-electron chi connectivity index (χ0n) is 13.7. The lowest BCUT2D eigenvalue weighted by Gasteiger charge is -2.18. The highest BCUT2D eigenvalue weighted by molar-refractivity contribution is 7.93. The Morgan fingerprint density at radius 3 is 2.20 bits per heavy atom. The van der Waals surface area contributed by atoms with Gasteiger partial charge in [0.05, 0.1) is 15.4 Å². The van der Waals surface area contributed by atoms with Gasteiger partial charge in [-0.2, -0.15) is 0 Å². The van der Waals surface area contributed by atoms with E-state index in [2.05, 4.69) is 14.4 Å². The van der Waals surface area contributed by atoms with E-state index >= 15 is 0 Å². The van der Waals surface area contributed by atoms with Crippen LogP contribution in [0, 0.1) is 0 Å². The topological polar surface area (TPSA) is 125 Å². The molecule has 0 aliphatic carbocycles. The summed E-state index contributed by atoms with van der Waals surface area (Å²) in [7, 11) is -7.96. The second kappa shape index (κ2) is 7.08. The summed E-state index contributed by atoms with van der Waals surface area (Å²) < 4.78 is 53.8. The van der Waals surface area contributed by atoms with Gasteiger partial charge in [0.2, 0.25) is 10.0 Å². The van der Waals surface area contributed by atoms with Gasteiger partial charge in [-0.1, -0.05) is 12.1 Å². The first kappa shape index (κ1) is 19.3. The first-order chi connectivity index (χ1) is 11.5. The van der Waals surface area contributed by atoms with Gasteiger partial charge in [0.1, 0.15) is 5.82 Å². The van der Waals surface area contributed by atoms with Gasteiger partial charge in [-0.3, -0.25) is 4.72 Å². The van der Waals surface area contributed by atoms with Crippen molar-refractivity contribution < 1.29 is 21.9 Å². The Bertz CT molecular complexity index is 937. The van der Waals surface area contributed by atoms with Crippen LogP contribution in [0.25, 0.3) is 0 Å². The molecule has 0 saturated carbocycles. The normalized spacial score (nSPS) is 12.8. The summed E-state index contributed by atoms with van der Waals surface area (Å²) in [6.07, 6.45) is 1.43. The maximum absolute atomic E-state index is 12.4. The molecule has 25 heavy (non-hydrogen) atoms. The monoisotopic (exact) mass is 385 g/mol.